The maximum absolute atomic E-state index is 12.4. The second-order valence-electron chi connectivity index (χ2n) is 6.15. The molecule has 1 fully saturated rings. The molecule has 2 aromatic rings. The zero-order valence-electron chi connectivity index (χ0n) is 13.0. The van der Waals surface area contributed by atoms with E-state index >= 15 is 0 Å². The van der Waals surface area contributed by atoms with Gasteiger partial charge in [-0.05, 0) is 18.4 Å². The number of H-pyrrole nitrogens is 1. The summed E-state index contributed by atoms with van der Waals surface area (Å²) >= 11 is 0. The predicted molar refractivity (Wildman–Crippen MR) is 87.7 cm³/mol. The van der Waals surface area contributed by atoms with Gasteiger partial charge < -0.3 is 20.5 Å². The fraction of sp³-hybridized carbons (Fsp3) is 0.389. The Morgan fingerprint density at radius 1 is 1.13 bits per heavy atom. The van der Waals surface area contributed by atoms with Crippen LogP contribution in [0.25, 0.3) is 0 Å². The number of hydrogen-bond acceptors (Lipinski definition) is 3. The van der Waals surface area contributed by atoms with Crippen molar-refractivity contribution in [2.24, 2.45) is 0 Å². The first-order valence-corrected chi connectivity index (χ1v) is 8.12. The van der Waals surface area contributed by atoms with Crippen molar-refractivity contribution in [2.45, 2.75) is 44.6 Å². The van der Waals surface area contributed by atoms with Gasteiger partial charge in [0.1, 0.15) is 5.56 Å². The lowest BCUT2D eigenvalue weighted by atomic mass is 9.95. The molecular weight excluding hydrogens is 292 g/mol. The van der Waals surface area contributed by atoms with E-state index in [2.05, 4.69) is 10.3 Å². The number of hydrogen-bond donors (Lipinski definition) is 4. The molecule has 0 spiro atoms. The first-order valence-electron chi connectivity index (χ1n) is 8.12. The van der Waals surface area contributed by atoms with Gasteiger partial charge in [-0.1, -0.05) is 49.6 Å². The van der Waals surface area contributed by atoms with Crippen molar-refractivity contribution in [3.05, 3.63) is 47.2 Å². The molecule has 4 N–H and O–H groups in total. The smallest absolute Gasteiger partial charge is 0.260 e. The van der Waals surface area contributed by atoms with Crippen LogP contribution in [-0.4, -0.2) is 27.1 Å². The molecule has 5 heteroatoms. The lowest BCUT2D eigenvalue weighted by Gasteiger charge is -2.22. The third kappa shape index (κ3) is 3.50. The van der Waals surface area contributed by atoms with Gasteiger partial charge in [0, 0.05) is 12.5 Å². The molecule has 122 valence electrons. The van der Waals surface area contributed by atoms with Gasteiger partial charge in [-0.3, -0.25) is 4.79 Å². The minimum atomic E-state index is -0.414. The van der Waals surface area contributed by atoms with Crippen LogP contribution in [0.4, 0.5) is 0 Å². The van der Waals surface area contributed by atoms with Gasteiger partial charge in [0.25, 0.3) is 5.91 Å². The van der Waals surface area contributed by atoms with Crippen LogP contribution in [0.2, 0.25) is 0 Å². The van der Waals surface area contributed by atoms with Crippen molar-refractivity contribution in [3.8, 4) is 11.6 Å². The summed E-state index contributed by atoms with van der Waals surface area (Å²) in [5.74, 6) is -0.858. The molecule has 3 rings (SSSR count). The van der Waals surface area contributed by atoms with Gasteiger partial charge in [0.15, 0.2) is 5.75 Å². The van der Waals surface area contributed by atoms with Crippen molar-refractivity contribution in [3.63, 3.8) is 0 Å². The molecular formula is C18H22N2O3. The summed E-state index contributed by atoms with van der Waals surface area (Å²) < 4.78 is 0. The van der Waals surface area contributed by atoms with E-state index in [1.165, 1.54) is 6.42 Å². The van der Waals surface area contributed by atoms with E-state index < -0.39 is 5.91 Å². The average molecular weight is 314 g/mol. The Labute approximate surface area is 135 Å². The van der Waals surface area contributed by atoms with Crippen molar-refractivity contribution >= 4 is 5.91 Å². The number of aromatic nitrogens is 1. The van der Waals surface area contributed by atoms with E-state index in [1.54, 1.807) is 0 Å². The van der Waals surface area contributed by atoms with Crippen molar-refractivity contribution in [2.75, 3.05) is 0 Å². The standard InChI is InChI=1S/C18H22N2O3/c21-16-14(11-12-7-3-1-4-8-12)20-18(23)15(16)17(22)19-13-9-5-2-6-10-13/h1,3-4,7-8,13,20-21,23H,2,5-6,9-11H2,(H,19,22). The highest BCUT2D eigenvalue weighted by Gasteiger charge is 2.25. The fourth-order valence-electron chi connectivity index (χ4n) is 3.18. The van der Waals surface area contributed by atoms with Gasteiger partial charge in [0.2, 0.25) is 5.88 Å². The SMILES string of the molecule is O=C(NC1CCCCC1)c1c(O)[nH]c(Cc2ccccc2)c1O. The number of aromatic amines is 1. The molecule has 23 heavy (non-hydrogen) atoms. The van der Waals surface area contributed by atoms with Crippen LogP contribution in [0.3, 0.4) is 0 Å². The Bertz CT molecular complexity index is 673. The van der Waals surface area contributed by atoms with Crippen LogP contribution in [0.5, 0.6) is 11.6 Å². The van der Waals surface area contributed by atoms with Crippen LogP contribution in [0.15, 0.2) is 30.3 Å². The zero-order chi connectivity index (χ0) is 16.2. The number of aromatic hydroxyl groups is 2. The number of carbonyl (C=O) groups excluding carboxylic acids is 1. The van der Waals surface area contributed by atoms with Gasteiger partial charge in [-0.25, -0.2) is 0 Å². The van der Waals surface area contributed by atoms with Gasteiger partial charge in [0.05, 0.1) is 5.69 Å². The molecule has 1 amide bonds. The highest BCUT2D eigenvalue weighted by Crippen LogP contribution is 2.32. The van der Waals surface area contributed by atoms with E-state index in [1.807, 2.05) is 30.3 Å². The lowest BCUT2D eigenvalue weighted by Crippen LogP contribution is -2.36. The quantitative estimate of drug-likeness (QED) is 0.699. The van der Waals surface area contributed by atoms with Crippen molar-refractivity contribution in [1.29, 1.82) is 0 Å². The molecule has 1 aliphatic carbocycles. The van der Waals surface area contributed by atoms with Crippen LogP contribution in [-0.2, 0) is 6.42 Å². The Hall–Kier alpha value is -2.43. The molecule has 0 bridgehead atoms. The van der Waals surface area contributed by atoms with E-state index in [4.69, 9.17) is 0 Å². The molecule has 0 aliphatic heterocycles. The molecule has 5 nitrogen and oxygen atoms in total. The highest BCUT2D eigenvalue weighted by molar-refractivity contribution is 5.99. The highest BCUT2D eigenvalue weighted by atomic mass is 16.3. The summed E-state index contributed by atoms with van der Waals surface area (Å²) in [4.78, 5) is 15.1. The van der Waals surface area contributed by atoms with Gasteiger partial charge >= 0.3 is 0 Å². The third-order valence-electron chi connectivity index (χ3n) is 4.42. The van der Waals surface area contributed by atoms with Gasteiger partial charge in [-0.2, -0.15) is 0 Å². The van der Waals surface area contributed by atoms with E-state index in [0.717, 1.165) is 31.2 Å². The maximum Gasteiger partial charge on any atom is 0.260 e. The van der Waals surface area contributed by atoms with E-state index in [-0.39, 0.29) is 23.2 Å². The van der Waals surface area contributed by atoms with Crippen molar-refractivity contribution < 1.29 is 15.0 Å². The number of carbonyl (C=O) groups is 1. The Morgan fingerprint density at radius 3 is 2.52 bits per heavy atom. The summed E-state index contributed by atoms with van der Waals surface area (Å²) in [7, 11) is 0. The molecule has 0 unspecified atom stereocenters. The molecule has 1 aliphatic rings. The molecule has 0 saturated heterocycles. The molecule has 1 aromatic heterocycles. The van der Waals surface area contributed by atoms with E-state index in [9.17, 15) is 15.0 Å². The minimum Gasteiger partial charge on any atom is -0.505 e. The van der Waals surface area contributed by atoms with Crippen LogP contribution < -0.4 is 5.32 Å². The summed E-state index contributed by atoms with van der Waals surface area (Å²) in [6.45, 7) is 0. The lowest BCUT2D eigenvalue weighted by molar-refractivity contribution is 0.0922. The number of amides is 1. The number of nitrogens with one attached hydrogen (secondary N) is 2. The Balaban J connectivity index is 1.75. The number of benzene rings is 1. The third-order valence-corrected chi connectivity index (χ3v) is 4.42. The maximum atomic E-state index is 12.4. The van der Waals surface area contributed by atoms with Gasteiger partial charge in [-0.15, -0.1) is 0 Å². The summed E-state index contributed by atoms with van der Waals surface area (Å²) in [5.41, 5.74) is 1.38. The Kier molecular flexibility index (Phi) is 4.55. The predicted octanol–water partition coefficient (Wildman–Crippen LogP) is 3.08. The van der Waals surface area contributed by atoms with Crippen LogP contribution >= 0.6 is 0 Å². The molecule has 1 heterocycles. The first kappa shape index (κ1) is 15.5. The fourth-order valence-corrected chi connectivity index (χ4v) is 3.18. The topological polar surface area (TPSA) is 85.4 Å². The monoisotopic (exact) mass is 314 g/mol. The molecule has 1 saturated carbocycles. The second kappa shape index (κ2) is 6.77. The zero-order valence-corrected chi connectivity index (χ0v) is 13.0. The molecule has 0 radical (unpaired) electrons. The summed E-state index contributed by atoms with van der Waals surface area (Å²) in [5, 5.41) is 23.2. The summed E-state index contributed by atoms with van der Waals surface area (Å²) in [6.07, 6.45) is 5.75. The normalized spacial score (nSPS) is 15.5. The Morgan fingerprint density at radius 2 is 1.83 bits per heavy atom. The first-order chi connectivity index (χ1) is 11.1. The molecule has 1 aromatic carbocycles. The van der Waals surface area contributed by atoms with Crippen molar-refractivity contribution in [1.82, 2.24) is 10.3 Å². The summed E-state index contributed by atoms with van der Waals surface area (Å²) in [6, 6.07) is 9.72. The largest absolute Gasteiger partial charge is 0.505 e. The molecule has 0 atom stereocenters. The van der Waals surface area contributed by atoms with E-state index in [0.29, 0.717) is 12.1 Å². The van der Waals surface area contributed by atoms with Crippen LogP contribution in [0, 0.1) is 0 Å². The van der Waals surface area contributed by atoms with Crippen LogP contribution in [0.1, 0.15) is 53.7 Å². The number of rotatable bonds is 4. The minimum absolute atomic E-state index is 0.0542. The second-order valence-corrected chi connectivity index (χ2v) is 6.15. The average Bonchev–Trinajstić information content (AvgIpc) is 2.83.